The fraction of sp³-hybridized carbons (Fsp3) is 0.500. The molecule has 1 amide bonds. The van der Waals surface area contributed by atoms with Gasteiger partial charge in [0.25, 0.3) is 0 Å². The third kappa shape index (κ3) is 17.0. The highest BCUT2D eigenvalue weighted by Gasteiger charge is 2.41. The summed E-state index contributed by atoms with van der Waals surface area (Å²) in [5.74, 6) is 1.26. The normalized spacial score (nSPS) is 16.7. The van der Waals surface area contributed by atoms with Gasteiger partial charge in [0.2, 0.25) is 5.91 Å². The van der Waals surface area contributed by atoms with Gasteiger partial charge in [0.15, 0.2) is 0 Å². The zero-order chi connectivity index (χ0) is 47.1. The highest BCUT2D eigenvalue weighted by Crippen LogP contribution is 2.36. The van der Waals surface area contributed by atoms with E-state index >= 15 is 0 Å². The Labute approximate surface area is 385 Å². The summed E-state index contributed by atoms with van der Waals surface area (Å²) in [4.78, 5) is 37.7. The van der Waals surface area contributed by atoms with Crippen molar-refractivity contribution in [3.05, 3.63) is 102 Å². The number of hydrogen-bond acceptors (Lipinski definition) is 17. The number of benzene rings is 4. The van der Waals surface area contributed by atoms with E-state index in [1.165, 1.54) is 0 Å². The Morgan fingerprint density at radius 2 is 1.38 bits per heavy atom. The van der Waals surface area contributed by atoms with Crippen LogP contribution in [-0.4, -0.2) is 127 Å². The number of carbonyl (C=O) groups is 2. The number of rotatable bonds is 30. The van der Waals surface area contributed by atoms with Gasteiger partial charge in [0, 0.05) is 49.2 Å². The average molecular weight is 924 g/mol. The van der Waals surface area contributed by atoms with Gasteiger partial charge >= 0.3 is 5.97 Å². The van der Waals surface area contributed by atoms with E-state index in [0.717, 1.165) is 33.2 Å². The van der Waals surface area contributed by atoms with E-state index in [0.29, 0.717) is 69.8 Å². The smallest absolute Gasteiger partial charge is 0.306 e. The third-order valence-corrected chi connectivity index (χ3v) is 11.2. The van der Waals surface area contributed by atoms with Crippen molar-refractivity contribution in [1.82, 2.24) is 15.7 Å². The lowest BCUT2D eigenvalue weighted by atomic mass is 9.84. The second-order valence-electron chi connectivity index (χ2n) is 15.8. The molecule has 0 aliphatic carbocycles. The van der Waals surface area contributed by atoms with E-state index in [9.17, 15) is 9.59 Å². The molecule has 0 bridgehead atoms. The van der Waals surface area contributed by atoms with Crippen molar-refractivity contribution in [2.45, 2.75) is 95.7 Å². The molecule has 66 heavy (non-hydrogen) atoms. The first kappa shape index (κ1) is 52.0. The van der Waals surface area contributed by atoms with Gasteiger partial charge in [-0.3, -0.25) is 40.1 Å². The van der Waals surface area contributed by atoms with Gasteiger partial charge < -0.3 is 38.1 Å². The van der Waals surface area contributed by atoms with Gasteiger partial charge in [0.05, 0.1) is 83.5 Å². The number of unbranched alkanes of at least 4 members (excludes halogenated alkanes) is 2. The first-order valence-electron chi connectivity index (χ1n) is 22.4. The minimum atomic E-state index is -0.587. The van der Waals surface area contributed by atoms with E-state index in [2.05, 4.69) is 15.7 Å². The maximum Gasteiger partial charge on any atom is 0.306 e. The Bertz CT molecular complexity index is 2040. The van der Waals surface area contributed by atoms with Crippen LogP contribution in [0.15, 0.2) is 84.9 Å². The summed E-state index contributed by atoms with van der Waals surface area (Å²) in [5.41, 5.74) is 2.77. The number of hydrogen-bond donors (Lipinski definition) is 4. The van der Waals surface area contributed by atoms with E-state index in [4.69, 9.17) is 54.0 Å². The molecule has 4 aromatic rings. The second kappa shape index (κ2) is 28.3. The summed E-state index contributed by atoms with van der Waals surface area (Å²) < 4.78 is 42.5. The predicted octanol–water partition coefficient (Wildman–Crippen LogP) is 7.43. The number of esters is 1. The largest absolute Gasteiger partial charge is 0.496 e. The molecule has 0 saturated carbocycles. The molecule has 1 aliphatic rings. The molecule has 4 N–H and O–H groups in total. The van der Waals surface area contributed by atoms with E-state index < -0.39 is 24.3 Å². The third-order valence-electron chi connectivity index (χ3n) is 11.2. The van der Waals surface area contributed by atoms with Gasteiger partial charge in [0.1, 0.15) is 23.4 Å². The lowest BCUT2D eigenvalue weighted by molar-refractivity contribution is -0.492. The molecule has 0 aromatic heterocycles. The average Bonchev–Trinajstić information content (AvgIpc) is 3.32. The summed E-state index contributed by atoms with van der Waals surface area (Å²) in [6.45, 7) is 4.07. The second-order valence-corrected chi connectivity index (χ2v) is 15.8. The fourth-order valence-corrected chi connectivity index (χ4v) is 7.76. The first-order chi connectivity index (χ1) is 32.1. The number of nitrogens with zero attached hydrogens (tertiary/aromatic N) is 3. The Balaban J connectivity index is 1.33. The van der Waals surface area contributed by atoms with Gasteiger partial charge in [-0.2, -0.15) is 0 Å². The minimum absolute atomic E-state index is 0.0151. The number of para-hydroxylation sites is 1. The molecule has 18 nitrogen and oxygen atoms in total. The van der Waals surface area contributed by atoms with Crippen molar-refractivity contribution in [3.8, 4) is 17.2 Å². The monoisotopic (exact) mass is 923 g/mol. The van der Waals surface area contributed by atoms with Crippen molar-refractivity contribution in [2.75, 3.05) is 60.3 Å². The van der Waals surface area contributed by atoms with Gasteiger partial charge in [-0.25, -0.2) is 0 Å². The highest BCUT2D eigenvalue weighted by molar-refractivity contribution is 5.89. The molecular weight excluding hydrogens is 859 g/mol. The van der Waals surface area contributed by atoms with Crippen LogP contribution in [0.2, 0.25) is 0 Å². The molecule has 1 aliphatic heterocycles. The van der Waals surface area contributed by atoms with Crippen LogP contribution < -0.4 is 14.2 Å². The zero-order valence-electron chi connectivity index (χ0n) is 38.0. The number of fused-ring (bicyclic) bond motifs is 1. The molecule has 362 valence electrons. The lowest BCUT2D eigenvalue weighted by Crippen LogP contribution is -2.55. The van der Waals surface area contributed by atoms with Crippen LogP contribution in [0.25, 0.3) is 10.8 Å². The number of methoxy groups -OCH3 is 2. The first-order valence-corrected chi connectivity index (χ1v) is 22.4. The van der Waals surface area contributed by atoms with E-state index in [1.54, 1.807) is 19.1 Å². The Morgan fingerprint density at radius 3 is 2.08 bits per heavy atom. The molecular formula is C48H65N3O15. The summed E-state index contributed by atoms with van der Waals surface area (Å²) in [6, 6.07) is 27.5. The highest BCUT2D eigenvalue weighted by atomic mass is 17.1. The van der Waals surface area contributed by atoms with Crippen molar-refractivity contribution >= 4 is 22.6 Å². The molecule has 1 saturated heterocycles. The number of likely N-dealkylation sites (tertiary alicyclic amines) is 1. The van der Waals surface area contributed by atoms with Gasteiger partial charge in [-0.05, 0) is 78.9 Å². The van der Waals surface area contributed by atoms with Crippen LogP contribution in [0.5, 0.6) is 17.2 Å². The van der Waals surface area contributed by atoms with Crippen LogP contribution in [0.3, 0.4) is 0 Å². The molecule has 18 heteroatoms. The lowest BCUT2D eigenvalue weighted by Gasteiger charge is -2.44. The van der Waals surface area contributed by atoms with Crippen molar-refractivity contribution in [1.29, 1.82) is 0 Å². The van der Waals surface area contributed by atoms with Crippen LogP contribution >= 0.6 is 0 Å². The van der Waals surface area contributed by atoms with Crippen molar-refractivity contribution in [2.24, 2.45) is 0 Å². The molecule has 0 radical (unpaired) electrons. The van der Waals surface area contributed by atoms with Gasteiger partial charge in [-0.1, -0.05) is 61.5 Å². The van der Waals surface area contributed by atoms with Crippen LogP contribution in [-0.2, 0) is 51.4 Å². The maximum atomic E-state index is 13.9. The summed E-state index contributed by atoms with van der Waals surface area (Å²) in [5, 5.41) is 36.6. The Hall–Kier alpha value is -4.96. The number of carbonyl (C=O) groups excluding carboxylic acids is 2. The molecule has 0 spiro atoms. The molecule has 1 fully saturated rings. The van der Waals surface area contributed by atoms with Crippen LogP contribution in [0.1, 0.15) is 80.9 Å². The topological polar surface area (TPSA) is 208 Å². The zero-order valence-corrected chi connectivity index (χ0v) is 38.0. The fourth-order valence-electron chi connectivity index (χ4n) is 7.76. The number of ether oxygens (including phenoxy) is 7. The summed E-state index contributed by atoms with van der Waals surface area (Å²) in [6.07, 6.45) is 1.38. The maximum absolute atomic E-state index is 13.9. The summed E-state index contributed by atoms with van der Waals surface area (Å²) in [7, 11) is 3.27. The Kier molecular flexibility index (Phi) is 22.3. The summed E-state index contributed by atoms with van der Waals surface area (Å²) >= 11 is 0. The molecule has 4 atom stereocenters. The predicted molar refractivity (Wildman–Crippen MR) is 238 cm³/mol. The SMILES string of the molecule is CCC(COC1CN(C(=O)CCCCON(O)O)CC(OCc2cc(OC)c3ccccc3c2)C1c1ccc(OCCCOCc2ccccc2OC)cc1)OC(=O)CCCCON(O)O. The molecule has 4 unspecified atom stereocenters. The molecule has 1 heterocycles. The van der Waals surface area contributed by atoms with Gasteiger partial charge in [-0.15, -0.1) is 0 Å². The Morgan fingerprint density at radius 1 is 0.712 bits per heavy atom. The number of amides is 1. The minimum Gasteiger partial charge on any atom is -0.496 e. The van der Waals surface area contributed by atoms with Crippen LogP contribution in [0, 0.1) is 0 Å². The van der Waals surface area contributed by atoms with Crippen molar-refractivity contribution < 1.29 is 73.3 Å². The quantitative estimate of drug-likeness (QED) is 0.0228. The molecule has 4 aromatic carbocycles. The van der Waals surface area contributed by atoms with E-state index in [-0.39, 0.29) is 75.0 Å². The van der Waals surface area contributed by atoms with Crippen molar-refractivity contribution in [3.63, 3.8) is 0 Å². The van der Waals surface area contributed by atoms with Crippen LogP contribution in [0.4, 0.5) is 0 Å². The van der Waals surface area contributed by atoms with E-state index in [1.807, 2.05) is 85.8 Å². The number of piperidine rings is 1. The molecule has 5 rings (SSSR count). The standard InChI is InChI=1S/C48H65N3O15/c1-4-39(66-47(53)19-10-12-27-65-51(56)57)34-63-45-31-49(46(52)18-9-11-26-64-50(54)55)30-44(62-32-35-28-37-14-5-7-16-41(37)43(29-35)59-3)48(45)36-20-22-40(23-21-36)61-25-13-24-60-33-38-15-6-8-17-42(38)58-2/h5-8,14-17,20-23,28-29,39,44-45,48,54-57H,4,9-13,18-19,24-27,30-34H2,1-3H3.